The predicted octanol–water partition coefficient (Wildman–Crippen LogP) is 3.41. The van der Waals surface area contributed by atoms with Crippen LogP contribution in [0, 0.1) is 5.92 Å². The molecule has 0 unspecified atom stereocenters. The second-order valence-electron chi connectivity index (χ2n) is 7.29. The highest BCUT2D eigenvalue weighted by atomic mass is 16.5. The summed E-state index contributed by atoms with van der Waals surface area (Å²) in [5.41, 5.74) is 1.54. The first-order valence-corrected chi connectivity index (χ1v) is 10.1. The van der Waals surface area contributed by atoms with Crippen LogP contribution in [0.15, 0.2) is 28.7 Å². The second-order valence-corrected chi connectivity index (χ2v) is 7.29. The van der Waals surface area contributed by atoms with Crippen molar-refractivity contribution in [1.82, 2.24) is 15.2 Å². The molecule has 28 heavy (non-hydrogen) atoms. The molecule has 0 saturated carbocycles. The van der Waals surface area contributed by atoms with E-state index in [2.05, 4.69) is 17.2 Å². The van der Waals surface area contributed by atoms with Crippen LogP contribution in [0.3, 0.4) is 0 Å². The average Bonchev–Trinajstić information content (AvgIpc) is 3.35. The molecule has 2 atom stereocenters. The minimum atomic E-state index is -0.332. The van der Waals surface area contributed by atoms with E-state index in [4.69, 9.17) is 9.15 Å². The Morgan fingerprint density at radius 1 is 1.39 bits per heavy atom. The molecule has 2 heterocycles. The highest BCUT2D eigenvalue weighted by molar-refractivity contribution is 5.86. The highest BCUT2D eigenvalue weighted by Gasteiger charge is 2.37. The van der Waals surface area contributed by atoms with E-state index in [0.717, 1.165) is 36.8 Å². The summed E-state index contributed by atoms with van der Waals surface area (Å²) < 4.78 is 10.8. The van der Waals surface area contributed by atoms with Crippen LogP contribution in [0.25, 0.3) is 11.1 Å². The van der Waals surface area contributed by atoms with Crippen LogP contribution in [-0.4, -0.2) is 42.1 Å². The maximum absolute atomic E-state index is 13.3. The molecule has 152 valence electrons. The number of hydrogen-bond donors (Lipinski definition) is 1. The summed E-state index contributed by atoms with van der Waals surface area (Å²) in [4.78, 5) is 31.9. The van der Waals surface area contributed by atoms with Crippen molar-refractivity contribution >= 4 is 22.9 Å². The van der Waals surface area contributed by atoms with Gasteiger partial charge in [0.05, 0.1) is 0 Å². The minimum Gasteiger partial charge on any atom is -0.438 e. The van der Waals surface area contributed by atoms with Crippen LogP contribution in [0.4, 0.5) is 0 Å². The third-order valence-electron chi connectivity index (χ3n) is 5.23. The molecule has 2 amide bonds. The van der Waals surface area contributed by atoms with Gasteiger partial charge in [0, 0.05) is 26.0 Å². The van der Waals surface area contributed by atoms with Crippen LogP contribution < -0.4 is 5.32 Å². The molecule has 0 spiro atoms. The maximum atomic E-state index is 13.3. The topological polar surface area (TPSA) is 84.7 Å². The summed E-state index contributed by atoms with van der Waals surface area (Å²) >= 11 is 0. The van der Waals surface area contributed by atoms with Crippen molar-refractivity contribution in [2.24, 2.45) is 5.92 Å². The number of methoxy groups -OCH3 is 1. The van der Waals surface area contributed by atoms with Gasteiger partial charge in [0.1, 0.15) is 18.3 Å². The summed E-state index contributed by atoms with van der Waals surface area (Å²) in [7, 11) is 1.52. The first kappa shape index (κ1) is 20.3. The van der Waals surface area contributed by atoms with Gasteiger partial charge < -0.3 is 19.4 Å². The molecule has 1 N–H and O–H groups in total. The molecule has 3 rings (SSSR count). The van der Waals surface area contributed by atoms with Crippen LogP contribution in [0.5, 0.6) is 0 Å². The monoisotopic (exact) mass is 387 g/mol. The van der Waals surface area contributed by atoms with Gasteiger partial charge in [-0.3, -0.25) is 9.59 Å². The number of ether oxygens (including phenoxy) is 1. The van der Waals surface area contributed by atoms with Gasteiger partial charge in [-0.15, -0.1) is 0 Å². The van der Waals surface area contributed by atoms with Gasteiger partial charge in [0.15, 0.2) is 5.58 Å². The number of unbranched alkanes of at least 4 members (excludes halogenated alkanes) is 1. The van der Waals surface area contributed by atoms with Gasteiger partial charge in [-0.05, 0) is 31.4 Å². The number of likely N-dealkylation sites (tertiary alicyclic amines) is 1. The quantitative estimate of drug-likeness (QED) is 0.667. The molecular weight excluding hydrogens is 358 g/mol. The number of fused-ring (bicyclic) bond motifs is 1. The SMILES string of the molecule is CCCC[C@H](CC(=O)NCOC)C(=O)N1CCC[C@H]1c1nc2ccccc2o1. The lowest BCUT2D eigenvalue weighted by Gasteiger charge is -2.27. The summed E-state index contributed by atoms with van der Waals surface area (Å²) in [5, 5.41) is 2.68. The number of hydrogen-bond acceptors (Lipinski definition) is 5. The zero-order chi connectivity index (χ0) is 19.9. The molecule has 7 nitrogen and oxygen atoms in total. The average molecular weight is 387 g/mol. The number of aromatic nitrogens is 1. The van der Waals surface area contributed by atoms with E-state index in [1.165, 1.54) is 7.11 Å². The Labute approximate surface area is 165 Å². The molecule has 0 bridgehead atoms. The van der Waals surface area contributed by atoms with Crippen molar-refractivity contribution in [2.45, 2.75) is 51.5 Å². The lowest BCUT2D eigenvalue weighted by atomic mass is 9.96. The Morgan fingerprint density at radius 2 is 2.21 bits per heavy atom. The Hall–Kier alpha value is -2.41. The van der Waals surface area contributed by atoms with Crippen molar-refractivity contribution < 1.29 is 18.7 Å². The minimum absolute atomic E-state index is 0.0192. The molecule has 1 saturated heterocycles. The van der Waals surface area contributed by atoms with Gasteiger partial charge in [-0.25, -0.2) is 4.98 Å². The molecular formula is C21H29N3O4. The van der Waals surface area contributed by atoms with E-state index in [0.29, 0.717) is 18.9 Å². The van der Waals surface area contributed by atoms with Gasteiger partial charge >= 0.3 is 0 Å². The van der Waals surface area contributed by atoms with E-state index in [9.17, 15) is 9.59 Å². The molecule has 1 aliphatic heterocycles. The van der Waals surface area contributed by atoms with Gasteiger partial charge in [0.2, 0.25) is 17.7 Å². The Morgan fingerprint density at radius 3 is 2.96 bits per heavy atom. The number of nitrogens with zero attached hydrogens (tertiary/aromatic N) is 2. The number of para-hydroxylation sites is 2. The number of amides is 2. The number of carbonyl (C=O) groups is 2. The third kappa shape index (κ3) is 4.70. The lowest BCUT2D eigenvalue weighted by Crippen LogP contribution is -2.38. The van der Waals surface area contributed by atoms with Crippen LogP contribution in [-0.2, 0) is 14.3 Å². The Bertz CT molecular complexity index is 771. The summed E-state index contributed by atoms with van der Waals surface area (Å²) in [6.07, 6.45) is 4.51. The summed E-state index contributed by atoms with van der Waals surface area (Å²) in [6.45, 7) is 2.91. The van der Waals surface area contributed by atoms with E-state index in [-0.39, 0.29) is 36.9 Å². The van der Waals surface area contributed by atoms with Crippen molar-refractivity contribution in [3.63, 3.8) is 0 Å². The first-order chi connectivity index (χ1) is 13.6. The molecule has 0 radical (unpaired) electrons. The smallest absolute Gasteiger partial charge is 0.226 e. The molecule has 1 aromatic heterocycles. The van der Waals surface area contributed by atoms with Crippen LogP contribution in [0.1, 0.15) is 57.4 Å². The number of nitrogens with one attached hydrogen (secondary N) is 1. The zero-order valence-electron chi connectivity index (χ0n) is 16.6. The Kier molecular flexibility index (Phi) is 7.03. The van der Waals surface area contributed by atoms with Crippen molar-refractivity contribution in [3.8, 4) is 0 Å². The number of oxazole rings is 1. The fourth-order valence-electron chi connectivity index (χ4n) is 3.77. The molecule has 1 aliphatic rings. The van der Waals surface area contributed by atoms with E-state index in [1.54, 1.807) is 0 Å². The maximum Gasteiger partial charge on any atom is 0.226 e. The first-order valence-electron chi connectivity index (χ1n) is 10.1. The van der Waals surface area contributed by atoms with E-state index in [1.807, 2.05) is 29.2 Å². The van der Waals surface area contributed by atoms with Crippen molar-refractivity contribution in [3.05, 3.63) is 30.2 Å². The zero-order valence-corrected chi connectivity index (χ0v) is 16.6. The normalized spacial score (nSPS) is 17.8. The van der Waals surface area contributed by atoms with E-state index < -0.39 is 0 Å². The third-order valence-corrected chi connectivity index (χ3v) is 5.23. The van der Waals surface area contributed by atoms with Gasteiger partial charge in [-0.2, -0.15) is 0 Å². The number of carbonyl (C=O) groups excluding carboxylic acids is 2. The largest absolute Gasteiger partial charge is 0.438 e. The lowest BCUT2D eigenvalue weighted by molar-refractivity contribution is -0.140. The van der Waals surface area contributed by atoms with Gasteiger partial charge in [-0.1, -0.05) is 31.9 Å². The molecule has 1 fully saturated rings. The standard InChI is InChI=1S/C21H29N3O4/c1-3-4-8-15(13-19(25)22-14-27-2)21(26)24-12-7-10-17(24)20-23-16-9-5-6-11-18(16)28-20/h5-6,9,11,15,17H,3-4,7-8,10,12-14H2,1-2H3,(H,22,25)/t15-,17+/m1/s1. The van der Waals surface area contributed by atoms with E-state index >= 15 is 0 Å². The van der Waals surface area contributed by atoms with Crippen molar-refractivity contribution in [2.75, 3.05) is 20.4 Å². The van der Waals surface area contributed by atoms with Crippen LogP contribution in [0.2, 0.25) is 0 Å². The van der Waals surface area contributed by atoms with Gasteiger partial charge in [0.25, 0.3) is 0 Å². The fourth-order valence-corrected chi connectivity index (χ4v) is 3.77. The van der Waals surface area contributed by atoms with Crippen LogP contribution >= 0.6 is 0 Å². The Balaban J connectivity index is 1.75. The molecule has 7 heteroatoms. The highest BCUT2D eigenvalue weighted by Crippen LogP contribution is 2.35. The fraction of sp³-hybridized carbons (Fsp3) is 0.571. The number of benzene rings is 1. The van der Waals surface area contributed by atoms with Crippen molar-refractivity contribution in [1.29, 1.82) is 0 Å². The molecule has 1 aromatic carbocycles. The summed E-state index contributed by atoms with van der Waals surface area (Å²) in [5.74, 6) is 0.117. The predicted molar refractivity (Wildman–Crippen MR) is 105 cm³/mol. The molecule has 2 aromatic rings. The summed E-state index contributed by atoms with van der Waals surface area (Å²) in [6, 6.07) is 7.47. The number of rotatable bonds is 9. The molecule has 0 aliphatic carbocycles. The second kappa shape index (κ2) is 9.68.